The second kappa shape index (κ2) is 3.91. The van der Waals surface area contributed by atoms with Gasteiger partial charge >= 0.3 is 0 Å². The van der Waals surface area contributed by atoms with E-state index in [-0.39, 0.29) is 5.91 Å². The van der Waals surface area contributed by atoms with Crippen LogP contribution in [0.15, 0.2) is 18.2 Å². The molecule has 0 aromatic heterocycles. The Morgan fingerprint density at radius 2 is 2.19 bits per heavy atom. The van der Waals surface area contributed by atoms with E-state index in [2.05, 4.69) is 16.7 Å². The lowest BCUT2D eigenvalue weighted by Gasteiger charge is -2.17. The number of carbonyl (C=O) groups excluding carboxylic acids is 1. The molecule has 2 N–H and O–H groups in total. The van der Waals surface area contributed by atoms with Crippen molar-refractivity contribution in [2.75, 3.05) is 6.54 Å². The standard InChI is InChI=1S/C13H16N2O/c16-13(15-12-3-4-12)10-2-1-9-5-6-14-8-11(9)7-10/h1-2,7,12,14H,3-6,8H2,(H,15,16). The average Bonchev–Trinajstić information content (AvgIpc) is 3.12. The van der Waals surface area contributed by atoms with E-state index in [1.165, 1.54) is 11.1 Å². The lowest BCUT2D eigenvalue weighted by molar-refractivity contribution is 0.0951. The van der Waals surface area contributed by atoms with Gasteiger partial charge in [0.2, 0.25) is 0 Å². The molecule has 3 rings (SSSR count). The van der Waals surface area contributed by atoms with Crippen molar-refractivity contribution in [2.45, 2.75) is 31.8 Å². The number of rotatable bonds is 2. The number of hydrogen-bond acceptors (Lipinski definition) is 2. The second-order valence-corrected chi connectivity index (χ2v) is 4.66. The van der Waals surface area contributed by atoms with Crippen LogP contribution in [0.3, 0.4) is 0 Å². The van der Waals surface area contributed by atoms with Gasteiger partial charge in [-0.2, -0.15) is 0 Å². The maximum absolute atomic E-state index is 11.8. The van der Waals surface area contributed by atoms with E-state index in [9.17, 15) is 4.79 Å². The molecule has 1 aromatic carbocycles. The molecule has 1 saturated carbocycles. The smallest absolute Gasteiger partial charge is 0.251 e. The van der Waals surface area contributed by atoms with Crippen LogP contribution in [0.25, 0.3) is 0 Å². The molecule has 0 radical (unpaired) electrons. The summed E-state index contributed by atoms with van der Waals surface area (Å²) in [7, 11) is 0. The summed E-state index contributed by atoms with van der Waals surface area (Å²) in [6, 6.07) is 6.50. The molecule has 3 nitrogen and oxygen atoms in total. The first-order valence-corrected chi connectivity index (χ1v) is 5.96. The Morgan fingerprint density at radius 1 is 1.31 bits per heavy atom. The van der Waals surface area contributed by atoms with E-state index in [0.717, 1.165) is 37.9 Å². The van der Waals surface area contributed by atoms with E-state index in [0.29, 0.717) is 6.04 Å². The fourth-order valence-corrected chi connectivity index (χ4v) is 2.12. The van der Waals surface area contributed by atoms with Gasteiger partial charge in [0.05, 0.1) is 0 Å². The average molecular weight is 216 g/mol. The van der Waals surface area contributed by atoms with Crippen molar-refractivity contribution >= 4 is 5.91 Å². The molecule has 2 aliphatic rings. The van der Waals surface area contributed by atoms with Crippen LogP contribution in [0.5, 0.6) is 0 Å². The van der Waals surface area contributed by atoms with Gasteiger partial charge in [-0.1, -0.05) is 6.07 Å². The Balaban J connectivity index is 1.81. The van der Waals surface area contributed by atoms with Gasteiger partial charge in [-0.05, 0) is 49.1 Å². The predicted molar refractivity (Wildman–Crippen MR) is 62.3 cm³/mol. The molecule has 1 aliphatic carbocycles. The fraction of sp³-hybridized carbons (Fsp3) is 0.462. The van der Waals surface area contributed by atoms with Gasteiger partial charge in [0.1, 0.15) is 0 Å². The Bertz CT molecular complexity index is 424. The molecule has 1 fully saturated rings. The van der Waals surface area contributed by atoms with Gasteiger partial charge in [-0.25, -0.2) is 0 Å². The number of amides is 1. The summed E-state index contributed by atoms with van der Waals surface area (Å²) in [6.45, 7) is 1.93. The second-order valence-electron chi connectivity index (χ2n) is 4.66. The molecule has 84 valence electrons. The maximum Gasteiger partial charge on any atom is 0.251 e. The van der Waals surface area contributed by atoms with Gasteiger partial charge in [-0.15, -0.1) is 0 Å². The normalized spacial score (nSPS) is 19.0. The molecular formula is C13H16N2O. The van der Waals surface area contributed by atoms with Crippen LogP contribution in [0.4, 0.5) is 0 Å². The molecule has 1 aliphatic heterocycles. The van der Waals surface area contributed by atoms with Gasteiger partial charge in [0.15, 0.2) is 0 Å². The molecule has 0 unspecified atom stereocenters. The van der Waals surface area contributed by atoms with E-state index < -0.39 is 0 Å². The van der Waals surface area contributed by atoms with Crippen molar-refractivity contribution in [3.8, 4) is 0 Å². The third kappa shape index (κ3) is 1.95. The quantitative estimate of drug-likeness (QED) is 0.780. The lowest BCUT2D eigenvalue weighted by atomic mass is 9.98. The number of benzene rings is 1. The molecule has 0 spiro atoms. The minimum absolute atomic E-state index is 0.0795. The van der Waals surface area contributed by atoms with Gasteiger partial charge in [0, 0.05) is 18.2 Å². The van der Waals surface area contributed by atoms with E-state index in [4.69, 9.17) is 0 Å². The number of fused-ring (bicyclic) bond motifs is 1. The molecule has 0 bridgehead atoms. The van der Waals surface area contributed by atoms with E-state index in [1.54, 1.807) is 0 Å². The third-order valence-electron chi connectivity index (χ3n) is 3.27. The highest BCUT2D eigenvalue weighted by molar-refractivity contribution is 5.94. The van der Waals surface area contributed by atoms with Crippen molar-refractivity contribution in [2.24, 2.45) is 0 Å². The molecule has 1 aromatic rings. The third-order valence-corrected chi connectivity index (χ3v) is 3.27. The maximum atomic E-state index is 11.8. The largest absolute Gasteiger partial charge is 0.349 e. The lowest BCUT2D eigenvalue weighted by Crippen LogP contribution is -2.27. The van der Waals surface area contributed by atoms with Crippen LogP contribution in [-0.4, -0.2) is 18.5 Å². The summed E-state index contributed by atoms with van der Waals surface area (Å²) in [5.74, 6) is 0.0795. The number of nitrogens with one attached hydrogen (secondary N) is 2. The molecular weight excluding hydrogens is 200 g/mol. The summed E-state index contributed by atoms with van der Waals surface area (Å²) in [6.07, 6.45) is 3.34. The van der Waals surface area contributed by atoms with E-state index in [1.807, 2.05) is 12.1 Å². The van der Waals surface area contributed by atoms with Crippen molar-refractivity contribution in [1.82, 2.24) is 10.6 Å². The first-order valence-electron chi connectivity index (χ1n) is 5.96. The minimum atomic E-state index is 0.0795. The zero-order valence-corrected chi connectivity index (χ0v) is 9.25. The zero-order chi connectivity index (χ0) is 11.0. The SMILES string of the molecule is O=C(NC1CC1)c1ccc2c(c1)CNCC2. The zero-order valence-electron chi connectivity index (χ0n) is 9.25. The first kappa shape index (κ1) is 9.85. The molecule has 3 heteroatoms. The summed E-state index contributed by atoms with van der Waals surface area (Å²) in [5, 5.41) is 6.35. The molecule has 0 saturated heterocycles. The summed E-state index contributed by atoms with van der Waals surface area (Å²) < 4.78 is 0. The Kier molecular flexibility index (Phi) is 2.40. The summed E-state index contributed by atoms with van der Waals surface area (Å²) >= 11 is 0. The summed E-state index contributed by atoms with van der Waals surface area (Å²) in [5.41, 5.74) is 3.45. The highest BCUT2D eigenvalue weighted by Crippen LogP contribution is 2.20. The molecule has 16 heavy (non-hydrogen) atoms. The van der Waals surface area contributed by atoms with Crippen molar-refractivity contribution < 1.29 is 4.79 Å². The van der Waals surface area contributed by atoms with Crippen LogP contribution in [0, 0.1) is 0 Å². The number of carbonyl (C=O) groups is 1. The first-order chi connectivity index (χ1) is 7.83. The monoisotopic (exact) mass is 216 g/mol. The molecule has 0 atom stereocenters. The molecule has 1 amide bonds. The van der Waals surface area contributed by atoms with Gasteiger partial charge in [0.25, 0.3) is 5.91 Å². The van der Waals surface area contributed by atoms with E-state index >= 15 is 0 Å². The number of hydrogen-bond donors (Lipinski definition) is 2. The predicted octanol–water partition coefficient (Wildman–Crippen LogP) is 1.22. The van der Waals surface area contributed by atoms with Crippen molar-refractivity contribution in [3.05, 3.63) is 34.9 Å². The van der Waals surface area contributed by atoms with Crippen LogP contribution in [-0.2, 0) is 13.0 Å². The fourth-order valence-electron chi connectivity index (χ4n) is 2.12. The van der Waals surface area contributed by atoms with Crippen molar-refractivity contribution in [3.63, 3.8) is 0 Å². The molecule has 1 heterocycles. The Labute approximate surface area is 95.2 Å². The highest BCUT2D eigenvalue weighted by atomic mass is 16.1. The van der Waals surface area contributed by atoms with Crippen LogP contribution < -0.4 is 10.6 Å². The van der Waals surface area contributed by atoms with Gasteiger partial charge < -0.3 is 10.6 Å². The Morgan fingerprint density at radius 3 is 3.00 bits per heavy atom. The van der Waals surface area contributed by atoms with Crippen LogP contribution in [0.1, 0.15) is 34.3 Å². The minimum Gasteiger partial charge on any atom is -0.349 e. The topological polar surface area (TPSA) is 41.1 Å². The van der Waals surface area contributed by atoms with Gasteiger partial charge in [-0.3, -0.25) is 4.79 Å². The Hall–Kier alpha value is -1.35. The summed E-state index contributed by atoms with van der Waals surface area (Å²) in [4.78, 5) is 11.8. The van der Waals surface area contributed by atoms with Crippen LogP contribution >= 0.6 is 0 Å². The van der Waals surface area contributed by atoms with Crippen LogP contribution in [0.2, 0.25) is 0 Å². The van der Waals surface area contributed by atoms with Crippen molar-refractivity contribution in [1.29, 1.82) is 0 Å². The highest BCUT2D eigenvalue weighted by Gasteiger charge is 2.24.